The first-order valence-corrected chi connectivity index (χ1v) is 11.3. The van der Waals surface area contributed by atoms with Gasteiger partial charge in [0.25, 0.3) is 5.91 Å². The molecule has 8 heteroatoms. The second kappa shape index (κ2) is 7.18. The molecule has 152 valence electrons. The average Bonchev–Trinajstić information content (AvgIpc) is 2.67. The monoisotopic (exact) mass is 414 g/mol. The predicted molar refractivity (Wildman–Crippen MR) is 109 cm³/mol. The van der Waals surface area contributed by atoms with Gasteiger partial charge in [0.2, 0.25) is 10.0 Å². The zero-order valence-corrected chi connectivity index (χ0v) is 16.9. The summed E-state index contributed by atoms with van der Waals surface area (Å²) in [6.45, 7) is 0.995. The van der Waals surface area contributed by atoms with E-state index >= 15 is 0 Å². The average molecular weight is 414 g/mol. The molecule has 1 amide bonds. The number of likely N-dealkylation sites (tertiary alicyclic amines) is 1. The number of carbonyl (C=O) groups excluding carboxylic acids is 2. The lowest BCUT2D eigenvalue weighted by Gasteiger charge is -2.44. The number of piperidine rings is 1. The highest BCUT2D eigenvalue weighted by atomic mass is 32.2. The number of sulfonamides is 1. The van der Waals surface area contributed by atoms with Crippen LogP contribution in [0.4, 0.5) is 5.69 Å². The van der Waals surface area contributed by atoms with Gasteiger partial charge < -0.3 is 9.64 Å². The Balaban J connectivity index is 1.42. The van der Waals surface area contributed by atoms with Crippen LogP contribution in [0.25, 0.3) is 0 Å². The zero-order valence-electron chi connectivity index (χ0n) is 16.1. The second-order valence-electron chi connectivity index (χ2n) is 7.62. The Bertz CT molecular complexity index is 1050. The summed E-state index contributed by atoms with van der Waals surface area (Å²) in [5.41, 5.74) is 0.978. The van der Waals surface area contributed by atoms with Gasteiger partial charge in [0, 0.05) is 37.2 Å². The Hall–Kier alpha value is -2.87. The number of rotatable bonds is 3. The summed E-state index contributed by atoms with van der Waals surface area (Å²) in [5.74, 6) is 0.589. The van der Waals surface area contributed by atoms with E-state index in [1.165, 1.54) is 0 Å². The van der Waals surface area contributed by atoms with Crippen LogP contribution in [-0.4, -0.2) is 50.0 Å². The molecular weight excluding hydrogens is 392 g/mol. The van der Waals surface area contributed by atoms with Crippen molar-refractivity contribution in [2.75, 3.05) is 24.1 Å². The Morgan fingerprint density at radius 3 is 2.38 bits per heavy atom. The minimum Gasteiger partial charge on any atom is -0.486 e. The third-order valence-electron chi connectivity index (χ3n) is 5.39. The number of Topliss-reactive ketones (excluding diaryl/α,β-unsaturated/α-hetero) is 1. The van der Waals surface area contributed by atoms with E-state index in [1.54, 1.807) is 35.2 Å². The lowest BCUT2D eigenvalue weighted by molar-refractivity contribution is -0.00570. The number of para-hydroxylation sites is 1. The highest BCUT2D eigenvalue weighted by Gasteiger charge is 2.43. The maximum Gasteiger partial charge on any atom is 0.253 e. The van der Waals surface area contributed by atoms with E-state index in [2.05, 4.69) is 4.72 Å². The Kier molecular flexibility index (Phi) is 4.82. The molecule has 7 nitrogen and oxygen atoms in total. The number of anilines is 1. The Labute approximate surface area is 169 Å². The van der Waals surface area contributed by atoms with Crippen LogP contribution in [0.15, 0.2) is 48.5 Å². The van der Waals surface area contributed by atoms with E-state index < -0.39 is 15.6 Å². The van der Waals surface area contributed by atoms with Crippen LogP contribution in [-0.2, 0) is 10.0 Å². The summed E-state index contributed by atoms with van der Waals surface area (Å²) in [7, 11) is -3.36. The third kappa shape index (κ3) is 4.12. The maximum absolute atomic E-state index is 12.8. The van der Waals surface area contributed by atoms with Gasteiger partial charge in [-0.05, 0) is 36.4 Å². The van der Waals surface area contributed by atoms with E-state index in [0.29, 0.717) is 54.9 Å². The summed E-state index contributed by atoms with van der Waals surface area (Å²) in [4.78, 5) is 27.1. The molecule has 2 aliphatic rings. The van der Waals surface area contributed by atoms with Gasteiger partial charge in [-0.25, -0.2) is 8.42 Å². The molecule has 0 aliphatic carbocycles. The number of benzene rings is 2. The summed E-state index contributed by atoms with van der Waals surface area (Å²) < 4.78 is 31.2. The van der Waals surface area contributed by atoms with Gasteiger partial charge in [0.1, 0.15) is 11.4 Å². The van der Waals surface area contributed by atoms with Gasteiger partial charge in [-0.1, -0.05) is 12.1 Å². The van der Waals surface area contributed by atoms with Crippen molar-refractivity contribution in [2.24, 2.45) is 0 Å². The number of ketones is 1. The first-order chi connectivity index (χ1) is 13.7. The molecule has 2 aromatic rings. The van der Waals surface area contributed by atoms with Crippen molar-refractivity contribution >= 4 is 27.4 Å². The number of carbonyl (C=O) groups is 2. The lowest BCUT2D eigenvalue weighted by Crippen LogP contribution is -2.52. The molecule has 2 aliphatic heterocycles. The van der Waals surface area contributed by atoms with E-state index in [1.807, 2.05) is 18.2 Å². The van der Waals surface area contributed by atoms with E-state index in [-0.39, 0.29) is 11.7 Å². The normalized spacial score (nSPS) is 18.1. The van der Waals surface area contributed by atoms with Gasteiger partial charge in [0.05, 0.1) is 18.2 Å². The van der Waals surface area contributed by atoms with Crippen LogP contribution in [0.3, 0.4) is 0 Å². The molecule has 1 spiro atoms. The van der Waals surface area contributed by atoms with Gasteiger partial charge in [-0.2, -0.15) is 0 Å². The number of nitrogens with zero attached hydrogens (tertiary/aromatic N) is 1. The van der Waals surface area contributed by atoms with Gasteiger partial charge in [-0.15, -0.1) is 0 Å². The van der Waals surface area contributed by atoms with Crippen molar-refractivity contribution in [2.45, 2.75) is 24.9 Å². The molecule has 0 aromatic heterocycles. The minimum absolute atomic E-state index is 0.0839. The number of amides is 1. The fraction of sp³-hybridized carbons (Fsp3) is 0.333. The minimum atomic E-state index is -3.36. The number of hydrogen-bond acceptors (Lipinski definition) is 5. The molecule has 0 unspecified atom stereocenters. The van der Waals surface area contributed by atoms with Crippen molar-refractivity contribution in [3.63, 3.8) is 0 Å². The number of hydrogen-bond donors (Lipinski definition) is 1. The fourth-order valence-electron chi connectivity index (χ4n) is 3.92. The fourth-order valence-corrected chi connectivity index (χ4v) is 4.48. The predicted octanol–water partition coefficient (Wildman–Crippen LogP) is 2.70. The van der Waals surface area contributed by atoms with Crippen LogP contribution in [0.2, 0.25) is 0 Å². The molecule has 0 radical (unpaired) electrons. The van der Waals surface area contributed by atoms with Gasteiger partial charge >= 0.3 is 0 Å². The third-order valence-corrected chi connectivity index (χ3v) is 6.00. The van der Waals surface area contributed by atoms with Crippen LogP contribution >= 0.6 is 0 Å². The smallest absolute Gasteiger partial charge is 0.253 e. The van der Waals surface area contributed by atoms with Crippen molar-refractivity contribution in [1.29, 1.82) is 0 Å². The summed E-state index contributed by atoms with van der Waals surface area (Å²) in [6.07, 6.45) is 2.59. The molecule has 1 saturated heterocycles. The highest BCUT2D eigenvalue weighted by molar-refractivity contribution is 7.92. The van der Waals surface area contributed by atoms with E-state index in [4.69, 9.17) is 4.74 Å². The molecule has 2 aromatic carbocycles. The van der Waals surface area contributed by atoms with E-state index in [9.17, 15) is 18.0 Å². The first-order valence-electron chi connectivity index (χ1n) is 9.43. The molecule has 1 fully saturated rings. The highest BCUT2D eigenvalue weighted by Crippen LogP contribution is 2.39. The quantitative estimate of drug-likeness (QED) is 0.834. The number of fused-ring (bicyclic) bond motifs is 1. The molecule has 0 bridgehead atoms. The topological polar surface area (TPSA) is 92.8 Å². The van der Waals surface area contributed by atoms with Crippen LogP contribution in [0.5, 0.6) is 5.75 Å². The molecule has 4 rings (SSSR count). The summed E-state index contributed by atoms with van der Waals surface area (Å²) >= 11 is 0. The van der Waals surface area contributed by atoms with Crippen molar-refractivity contribution in [3.05, 3.63) is 59.7 Å². The van der Waals surface area contributed by atoms with Crippen molar-refractivity contribution in [1.82, 2.24) is 4.90 Å². The lowest BCUT2D eigenvalue weighted by atomic mass is 9.82. The molecular formula is C21H22N2O5S. The molecule has 2 heterocycles. The van der Waals surface area contributed by atoms with Crippen LogP contribution < -0.4 is 9.46 Å². The van der Waals surface area contributed by atoms with Crippen molar-refractivity contribution < 1.29 is 22.7 Å². The van der Waals surface area contributed by atoms with Gasteiger partial charge in [0.15, 0.2) is 5.78 Å². The standard InChI is InChI=1S/C21H22N2O5S/c1-29(26,27)22-16-8-6-15(7-9-16)20(25)23-12-10-21(11-13-23)14-18(24)17-4-2-3-5-19(17)28-21/h2-9,22H,10-14H2,1H3. The number of nitrogens with one attached hydrogen (secondary N) is 1. The van der Waals surface area contributed by atoms with Crippen LogP contribution in [0.1, 0.15) is 40.0 Å². The second-order valence-corrected chi connectivity index (χ2v) is 9.37. The Morgan fingerprint density at radius 2 is 1.72 bits per heavy atom. The zero-order chi connectivity index (χ0) is 20.6. The SMILES string of the molecule is CS(=O)(=O)Nc1ccc(C(=O)N2CCC3(CC2)CC(=O)c2ccccc2O3)cc1. The number of ether oxygens (including phenoxy) is 1. The molecule has 0 saturated carbocycles. The maximum atomic E-state index is 12.8. The molecule has 1 N–H and O–H groups in total. The largest absolute Gasteiger partial charge is 0.486 e. The van der Waals surface area contributed by atoms with Gasteiger partial charge in [-0.3, -0.25) is 14.3 Å². The summed E-state index contributed by atoms with van der Waals surface area (Å²) in [6, 6.07) is 13.6. The Morgan fingerprint density at radius 1 is 1.07 bits per heavy atom. The summed E-state index contributed by atoms with van der Waals surface area (Å²) in [5, 5.41) is 0. The molecule has 29 heavy (non-hydrogen) atoms. The van der Waals surface area contributed by atoms with Crippen molar-refractivity contribution in [3.8, 4) is 5.75 Å². The first kappa shape index (κ1) is 19.4. The van der Waals surface area contributed by atoms with Crippen LogP contribution in [0, 0.1) is 0 Å². The van der Waals surface area contributed by atoms with E-state index in [0.717, 1.165) is 6.26 Å². The molecule has 0 atom stereocenters.